The summed E-state index contributed by atoms with van der Waals surface area (Å²) in [5, 5.41) is 7.30. The van der Waals surface area contributed by atoms with Gasteiger partial charge in [0.2, 0.25) is 0 Å². The zero-order chi connectivity index (χ0) is 30.7. The number of aromatic nitrogens is 1. The molecule has 0 bridgehead atoms. The second-order valence-corrected chi connectivity index (χ2v) is 12.8. The Balaban J connectivity index is 1.36. The van der Waals surface area contributed by atoms with Crippen LogP contribution in [0.2, 0.25) is 0 Å². The van der Waals surface area contributed by atoms with Crippen molar-refractivity contribution in [3.63, 3.8) is 0 Å². The highest BCUT2D eigenvalue weighted by atomic mass is 16.5. The fraction of sp³-hybridized carbons (Fsp3) is 0.0222. The lowest BCUT2D eigenvalue weighted by atomic mass is 9.66. The van der Waals surface area contributed by atoms with Crippen LogP contribution in [0, 0.1) is 0 Å². The normalized spacial score (nSPS) is 13.9. The third-order valence-corrected chi connectivity index (χ3v) is 10.6. The summed E-state index contributed by atoms with van der Waals surface area (Å²) in [6, 6.07) is 59.9. The van der Waals surface area contributed by atoms with Gasteiger partial charge < -0.3 is 9.30 Å². The number of rotatable bonds is 1. The van der Waals surface area contributed by atoms with Gasteiger partial charge in [0.15, 0.2) is 5.75 Å². The second kappa shape index (κ2) is 8.99. The SMILES string of the molecule is c1ccc2c(c1)Oc1c(ccc3c4ccc5ccccc5c4n(-c4ccc5ccccc5c4)c13)C21c2ccccc2-c2ccccc21. The molecule has 1 spiro atoms. The molecule has 11 rings (SSSR count). The fourth-order valence-corrected chi connectivity index (χ4v) is 8.74. The Morgan fingerprint density at radius 1 is 0.404 bits per heavy atom. The zero-order valence-electron chi connectivity index (χ0n) is 25.4. The molecule has 0 fully saturated rings. The van der Waals surface area contributed by atoms with Gasteiger partial charge in [-0.15, -0.1) is 0 Å². The Kier molecular flexibility index (Phi) is 4.80. The van der Waals surface area contributed by atoms with Crippen LogP contribution in [0.1, 0.15) is 22.3 Å². The van der Waals surface area contributed by atoms with E-state index < -0.39 is 5.41 Å². The molecule has 2 nitrogen and oxygen atoms in total. The number of benzene rings is 8. The first-order chi connectivity index (χ1) is 23.3. The van der Waals surface area contributed by atoms with Gasteiger partial charge in [0.05, 0.1) is 16.4 Å². The van der Waals surface area contributed by atoms with Gasteiger partial charge in [0, 0.05) is 33.0 Å². The molecule has 0 amide bonds. The Hall–Kier alpha value is -6.12. The van der Waals surface area contributed by atoms with Gasteiger partial charge in [-0.2, -0.15) is 0 Å². The van der Waals surface area contributed by atoms with Crippen LogP contribution in [0.5, 0.6) is 11.5 Å². The maximum Gasteiger partial charge on any atom is 0.156 e. The van der Waals surface area contributed by atoms with Gasteiger partial charge in [-0.25, -0.2) is 0 Å². The van der Waals surface area contributed by atoms with Crippen molar-refractivity contribution in [3.8, 4) is 28.3 Å². The maximum atomic E-state index is 7.18. The molecule has 0 N–H and O–H groups in total. The van der Waals surface area contributed by atoms with Crippen LogP contribution >= 0.6 is 0 Å². The van der Waals surface area contributed by atoms with Gasteiger partial charge in [0.25, 0.3) is 0 Å². The minimum Gasteiger partial charge on any atom is -0.454 e. The quantitative estimate of drug-likeness (QED) is 0.184. The lowest BCUT2D eigenvalue weighted by Gasteiger charge is -2.39. The monoisotopic (exact) mass is 597 g/mol. The number of fused-ring (bicyclic) bond motifs is 16. The average Bonchev–Trinajstić information content (AvgIpc) is 3.63. The highest BCUT2D eigenvalue weighted by Gasteiger charge is 2.51. The summed E-state index contributed by atoms with van der Waals surface area (Å²) in [6.45, 7) is 0. The molecule has 1 aliphatic carbocycles. The highest BCUT2D eigenvalue weighted by Crippen LogP contribution is 2.63. The van der Waals surface area contributed by atoms with E-state index in [0.717, 1.165) is 22.7 Å². The number of ether oxygens (including phenoxy) is 1. The molecule has 8 aromatic carbocycles. The van der Waals surface area contributed by atoms with Crippen LogP contribution < -0.4 is 4.74 Å². The van der Waals surface area contributed by atoms with E-state index in [2.05, 4.69) is 168 Å². The Morgan fingerprint density at radius 2 is 1.00 bits per heavy atom. The van der Waals surface area contributed by atoms with Gasteiger partial charge >= 0.3 is 0 Å². The van der Waals surface area contributed by atoms with E-state index in [1.54, 1.807) is 0 Å². The summed E-state index contributed by atoms with van der Waals surface area (Å²) in [7, 11) is 0. The predicted octanol–water partition coefficient (Wildman–Crippen LogP) is 11.6. The summed E-state index contributed by atoms with van der Waals surface area (Å²) in [5.41, 5.74) is 10.4. The van der Waals surface area contributed by atoms with E-state index in [9.17, 15) is 0 Å². The zero-order valence-corrected chi connectivity index (χ0v) is 25.4. The molecule has 1 aliphatic heterocycles. The summed E-state index contributed by atoms with van der Waals surface area (Å²) in [5.74, 6) is 1.82. The summed E-state index contributed by atoms with van der Waals surface area (Å²) in [4.78, 5) is 0. The molecule has 1 aromatic heterocycles. The second-order valence-electron chi connectivity index (χ2n) is 12.8. The van der Waals surface area contributed by atoms with Crippen LogP contribution in [-0.2, 0) is 5.41 Å². The van der Waals surface area contributed by atoms with Crippen molar-refractivity contribution >= 4 is 43.4 Å². The van der Waals surface area contributed by atoms with Crippen LogP contribution in [0.25, 0.3) is 60.2 Å². The summed E-state index contributed by atoms with van der Waals surface area (Å²) >= 11 is 0. The topological polar surface area (TPSA) is 14.2 Å². The van der Waals surface area contributed by atoms with Crippen LogP contribution in [0.3, 0.4) is 0 Å². The first kappa shape index (κ1) is 25.1. The van der Waals surface area contributed by atoms with Gasteiger partial charge in [-0.1, -0.05) is 146 Å². The van der Waals surface area contributed by atoms with Crippen molar-refractivity contribution in [2.24, 2.45) is 0 Å². The van der Waals surface area contributed by atoms with Gasteiger partial charge in [-0.3, -0.25) is 0 Å². The molecule has 0 saturated carbocycles. The molecule has 2 aliphatic rings. The fourth-order valence-electron chi connectivity index (χ4n) is 8.74. The molecule has 0 unspecified atom stereocenters. The number of hydrogen-bond acceptors (Lipinski definition) is 1. The standard InChI is InChI=1S/C45H27NO/c1-2-13-30-27-31(23-21-28(30)11-1)46-42-32-14-4-3-12-29(32)22-24-35(42)36-25-26-40-44(43(36)46)47-41-20-10-9-19-39(41)45(40)37-17-7-5-15-33(37)34-16-6-8-18-38(34)45/h1-27H. The van der Waals surface area contributed by atoms with Crippen molar-refractivity contribution < 1.29 is 4.74 Å². The minimum atomic E-state index is -0.516. The molecule has 0 atom stereocenters. The van der Waals surface area contributed by atoms with Crippen LogP contribution in [-0.4, -0.2) is 4.57 Å². The van der Waals surface area contributed by atoms with E-state index >= 15 is 0 Å². The molecule has 47 heavy (non-hydrogen) atoms. The highest BCUT2D eigenvalue weighted by molar-refractivity contribution is 6.20. The molecule has 0 radical (unpaired) electrons. The smallest absolute Gasteiger partial charge is 0.156 e. The van der Waals surface area contributed by atoms with Crippen molar-refractivity contribution in [3.05, 3.63) is 186 Å². The lowest BCUT2D eigenvalue weighted by Crippen LogP contribution is -2.32. The predicted molar refractivity (Wildman–Crippen MR) is 193 cm³/mol. The van der Waals surface area contributed by atoms with Crippen molar-refractivity contribution in [1.29, 1.82) is 0 Å². The number of nitrogens with zero attached hydrogens (tertiary/aromatic N) is 1. The van der Waals surface area contributed by atoms with E-state index in [1.807, 2.05) is 0 Å². The molecule has 0 saturated heterocycles. The van der Waals surface area contributed by atoms with Crippen LogP contribution in [0.15, 0.2) is 164 Å². The third kappa shape index (κ3) is 3.10. The first-order valence-corrected chi connectivity index (χ1v) is 16.3. The largest absolute Gasteiger partial charge is 0.454 e. The van der Waals surface area contributed by atoms with Gasteiger partial charge in [-0.05, 0) is 56.6 Å². The van der Waals surface area contributed by atoms with Crippen molar-refractivity contribution in [2.45, 2.75) is 5.41 Å². The maximum absolute atomic E-state index is 7.18. The molecular formula is C45H27NO. The van der Waals surface area contributed by atoms with E-state index in [4.69, 9.17) is 4.74 Å². The van der Waals surface area contributed by atoms with E-state index in [0.29, 0.717) is 0 Å². The Labute approximate surface area is 271 Å². The van der Waals surface area contributed by atoms with E-state index in [1.165, 1.54) is 71.2 Å². The molecule has 218 valence electrons. The van der Waals surface area contributed by atoms with Crippen LogP contribution in [0.4, 0.5) is 0 Å². The molecule has 9 aromatic rings. The number of para-hydroxylation sites is 1. The molecular weight excluding hydrogens is 571 g/mol. The first-order valence-electron chi connectivity index (χ1n) is 16.3. The lowest BCUT2D eigenvalue weighted by molar-refractivity contribution is 0.440. The Bertz CT molecular complexity index is 2740. The van der Waals surface area contributed by atoms with E-state index in [-0.39, 0.29) is 0 Å². The van der Waals surface area contributed by atoms with Crippen molar-refractivity contribution in [2.75, 3.05) is 0 Å². The summed E-state index contributed by atoms with van der Waals surface area (Å²) < 4.78 is 9.64. The number of hydrogen-bond donors (Lipinski definition) is 0. The minimum absolute atomic E-state index is 0.516. The average molecular weight is 598 g/mol. The molecule has 2 heteroatoms. The molecule has 2 heterocycles. The third-order valence-electron chi connectivity index (χ3n) is 10.6. The van der Waals surface area contributed by atoms with Gasteiger partial charge in [0.1, 0.15) is 5.75 Å². The Morgan fingerprint density at radius 3 is 1.81 bits per heavy atom. The van der Waals surface area contributed by atoms with Crippen molar-refractivity contribution in [1.82, 2.24) is 4.57 Å². The summed E-state index contributed by atoms with van der Waals surface area (Å²) in [6.07, 6.45) is 0.